The maximum absolute atomic E-state index is 11.1. The van der Waals surface area contributed by atoms with Crippen LogP contribution in [0, 0.1) is 0 Å². The highest BCUT2D eigenvalue weighted by molar-refractivity contribution is 7.10. The summed E-state index contributed by atoms with van der Waals surface area (Å²) in [6, 6.07) is 9.13. The fourth-order valence-electron chi connectivity index (χ4n) is 3.90. The standard InChI is InChI=1S/C23H34N2OS.2ClH/c1-22(2,3)17-14-16(15-18(21(17)26)23(4,5)6)20(19-8-7-13-27-19)25-11-9-24-10-12-25;;/h7-8,13-15,20,24,26H,9-12H2,1-6H3;2*1H/t20-;;/m1../s1. The van der Waals surface area contributed by atoms with Crippen molar-refractivity contribution in [2.75, 3.05) is 26.2 Å². The molecule has 0 radical (unpaired) electrons. The van der Waals surface area contributed by atoms with E-state index in [0.717, 1.165) is 37.3 Å². The number of nitrogens with zero attached hydrogens (tertiary/aromatic N) is 1. The molecule has 29 heavy (non-hydrogen) atoms. The van der Waals surface area contributed by atoms with Crippen molar-refractivity contribution in [3.63, 3.8) is 0 Å². The number of halogens is 2. The molecular weight excluding hydrogens is 423 g/mol. The second kappa shape index (κ2) is 10.0. The zero-order chi connectivity index (χ0) is 19.8. The normalized spacial score (nSPS) is 16.6. The van der Waals surface area contributed by atoms with Crippen LogP contribution in [0.5, 0.6) is 5.75 Å². The van der Waals surface area contributed by atoms with Crippen molar-refractivity contribution in [1.29, 1.82) is 0 Å². The first-order valence-corrected chi connectivity index (χ1v) is 10.8. The van der Waals surface area contributed by atoms with Gasteiger partial charge in [0, 0.05) is 31.1 Å². The largest absolute Gasteiger partial charge is 0.507 e. The van der Waals surface area contributed by atoms with Crippen LogP contribution in [0.4, 0.5) is 0 Å². The Kier molecular flexibility index (Phi) is 9.07. The van der Waals surface area contributed by atoms with Crippen LogP contribution in [0.1, 0.15) is 69.2 Å². The van der Waals surface area contributed by atoms with Crippen molar-refractivity contribution in [2.45, 2.75) is 58.4 Å². The summed E-state index contributed by atoms with van der Waals surface area (Å²) in [6.45, 7) is 17.2. The number of hydrogen-bond donors (Lipinski definition) is 2. The van der Waals surface area contributed by atoms with Crippen LogP contribution in [-0.4, -0.2) is 36.2 Å². The maximum Gasteiger partial charge on any atom is 0.123 e. The summed E-state index contributed by atoms with van der Waals surface area (Å²) in [6.07, 6.45) is 0. The Morgan fingerprint density at radius 2 is 1.48 bits per heavy atom. The van der Waals surface area contributed by atoms with Crippen molar-refractivity contribution in [3.8, 4) is 5.75 Å². The van der Waals surface area contributed by atoms with Crippen molar-refractivity contribution in [2.24, 2.45) is 0 Å². The summed E-state index contributed by atoms with van der Waals surface area (Å²) in [5.74, 6) is 0.462. The number of nitrogens with one attached hydrogen (secondary N) is 1. The number of benzene rings is 1. The molecule has 0 saturated carbocycles. The van der Waals surface area contributed by atoms with Crippen LogP contribution >= 0.6 is 36.2 Å². The Morgan fingerprint density at radius 3 is 1.90 bits per heavy atom. The average Bonchev–Trinajstić information content (AvgIpc) is 3.09. The number of thiophene rings is 1. The molecule has 164 valence electrons. The van der Waals surface area contributed by atoms with E-state index in [-0.39, 0.29) is 41.7 Å². The highest BCUT2D eigenvalue weighted by Gasteiger charge is 2.31. The summed E-state index contributed by atoms with van der Waals surface area (Å²) in [4.78, 5) is 3.95. The van der Waals surface area contributed by atoms with Gasteiger partial charge in [-0.2, -0.15) is 0 Å². The summed E-state index contributed by atoms with van der Waals surface area (Å²) in [5.41, 5.74) is 3.17. The molecule has 2 heterocycles. The lowest BCUT2D eigenvalue weighted by Crippen LogP contribution is -2.45. The van der Waals surface area contributed by atoms with Gasteiger partial charge >= 0.3 is 0 Å². The van der Waals surface area contributed by atoms with Gasteiger partial charge in [-0.3, -0.25) is 4.90 Å². The fourth-order valence-corrected chi connectivity index (χ4v) is 4.79. The molecule has 0 spiro atoms. The quantitative estimate of drug-likeness (QED) is 0.601. The van der Waals surface area contributed by atoms with Crippen molar-refractivity contribution in [3.05, 3.63) is 51.2 Å². The SMILES string of the molecule is CC(C)(C)c1cc([C@H](c2cccs2)N2CCNCC2)cc(C(C)(C)C)c1O.Cl.Cl. The van der Waals surface area contributed by atoms with Gasteiger partial charge in [-0.05, 0) is 51.1 Å². The highest BCUT2D eigenvalue weighted by Crippen LogP contribution is 2.43. The van der Waals surface area contributed by atoms with Crippen LogP contribution in [0.15, 0.2) is 29.6 Å². The van der Waals surface area contributed by atoms with Gasteiger partial charge in [0.05, 0.1) is 6.04 Å². The van der Waals surface area contributed by atoms with E-state index in [9.17, 15) is 5.11 Å². The summed E-state index contributed by atoms with van der Waals surface area (Å²) in [5, 5.41) is 16.7. The van der Waals surface area contributed by atoms with Gasteiger partial charge < -0.3 is 10.4 Å². The van der Waals surface area contributed by atoms with Gasteiger partial charge in [0.25, 0.3) is 0 Å². The van der Waals surface area contributed by atoms with E-state index in [4.69, 9.17) is 0 Å². The Labute approximate surface area is 192 Å². The van der Waals surface area contributed by atoms with Crippen LogP contribution in [0.25, 0.3) is 0 Å². The number of piperazine rings is 1. The first kappa shape index (κ1) is 26.3. The Balaban J connectivity index is 0.00000210. The summed E-state index contributed by atoms with van der Waals surface area (Å²) in [7, 11) is 0. The van der Waals surface area contributed by atoms with Gasteiger partial charge in [0.2, 0.25) is 0 Å². The van der Waals surface area contributed by atoms with E-state index in [1.54, 1.807) is 0 Å². The number of hydrogen-bond acceptors (Lipinski definition) is 4. The van der Waals surface area contributed by atoms with Gasteiger partial charge in [-0.15, -0.1) is 36.2 Å². The minimum atomic E-state index is -0.108. The molecule has 1 saturated heterocycles. The molecule has 0 bridgehead atoms. The van der Waals surface area contributed by atoms with Crippen molar-refractivity contribution >= 4 is 36.2 Å². The molecular formula is C23H36Cl2N2OS. The van der Waals surface area contributed by atoms with E-state index in [0.29, 0.717) is 5.75 Å². The topological polar surface area (TPSA) is 35.5 Å². The predicted octanol–water partition coefficient (Wildman–Crippen LogP) is 5.89. The Hall–Kier alpha value is -0.780. The first-order chi connectivity index (χ1) is 12.6. The average molecular weight is 460 g/mol. The number of phenolic OH excluding ortho intramolecular Hbond substituents is 1. The summed E-state index contributed by atoms with van der Waals surface area (Å²) >= 11 is 1.83. The minimum absolute atomic E-state index is 0. The lowest BCUT2D eigenvalue weighted by Gasteiger charge is -2.36. The van der Waals surface area contributed by atoms with Crippen LogP contribution < -0.4 is 5.32 Å². The monoisotopic (exact) mass is 458 g/mol. The van der Waals surface area contributed by atoms with Crippen molar-refractivity contribution in [1.82, 2.24) is 10.2 Å². The van der Waals surface area contributed by atoms with Crippen LogP contribution in [0.2, 0.25) is 0 Å². The molecule has 1 fully saturated rings. The van der Waals surface area contributed by atoms with Gasteiger partial charge in [-0.25, -0.2) is 0 Å². The van der Waals surface area contributed by atoms with Crippen molar-refractivity contribution < 1.29 is 5.11 Å². The second-order valence-electron chi connectivity index (χ2n) is 9.67. The predicted molar refractivity (Wildman–Crippen MR) is 131 cm³/mol. The lowest BCUT2D eigenvalue weighted by atomic mass is 9.77. The maximum atomic E-state index is 11.1. The molecule has 1 aromatic carbocycles. The third-order valence-electron chi connectivity index (χ3n) is 5.39. The molecule has 1 aliphatic rings. The van der Waals surface area contributed by atoms with Crippen LogP contribution in [0.3, 0.4) is 0 Å². The third kappa shape index (κ3) is 5.89. The molecule has 0 unspecified atom stereocenters. The molecule has 0 amide bonds. The number of phenols is 1. The zero-order valence-corrected chi connectivity index (χ0v) is 20.9. The highest BCUT2D eigenvalue weighted by atomic mass is 35.5. The number of rotatable bonds is 3. The lowest BCUT2D eigenvalue weighted by molar-refractivity contribution is 0.200. The molecule has 2 N–H and O–H groups in total. The van der Waals surface area contributed by atoms with E-state index in [1.165, 1.54) is 10.4 Å². The molecule has 2 aromatic rings. The molecule has 3 nitrogen and oxygen atoms in total. The molecule has 1 aromatic heterocycles. The summed E-state index contributed by atoms with van der Waals surface area (Å²) < 4.78 is 0. The third-order valence-corrected chi connectivity index (χ3v) is 6.32. The van der Waals surface area contributed by atoms with Gasteiger partial charge in [0.15, 0.2) is 0 Å². The van der Waals surface area contributed by atoms with E-state index in [2.05, 4.69) is 81.4 Å². The van der Waals surface area contributed by atoms with Gasteiger partial charge in [-0.1, -0.05) is 47.6 Å². The zero-order valence-electron chi connectivity index (χ0n) is 18.4. The van der Waals surface area contributed by atoms with E-state index < -0.39 is 0 Å². The Morgan fingerprint density at radius 1 is 0.966 bits per heavy atom. The smallest absolute Gasteiger partial charge is 0.123 e. The van der Waals surface area contributed by atoms with Gasteiger partial charge in [0.1, 0.15) is 5.75 Å². The molecule has 0 aliphatic carbocycles. The Bertz CT molecular complexity index is 738. The number of aromatic hydroxyl groups is 1. The molecule has 3 rings (SSSR count). The van der Waals surface area contributed by atoms with E-state index >= 15 is 0 Å². The molecule has 1 aliphatic heterocycles. The molecule has 6 heteroatoms. The first-order valence-electron chi connectivity index (χ1n) is 9.95. The fraction of sp³-hybridized carbons (Fsp3) is 0.565. The van der Waals surface area contributed by atoms with Crippen LogP contribution in [-0.2, 0) is 10.8 Å². The second-order valence-corrected chi connectivity index (χ2v) is 10.6. The van der Waals surface area contributed by atoms with E-state index in [1.807, 2.05) is 11.3 Å². The minimum Gasteiger partial charge on any atom is -0.507 e. The molecule has 1 atom stereocenters.